The van der Waals surface area contributed by atoms with Crippen LogP contribution in [-0.2, 0) is 16.0 Å². The third kappa shape index (κ3) is 4.54. The lowest BCUT2D eigenvalue weighted by molar-refractivity contribution is -0.129. The van der Waals surface area contributed by atoms with Crippen LogP contribution in [0.1, 0.15) is 50.3 Å². The fraction of sp³-hybridized carbons (Fsp3) is 0.500. The molecule has 7 heteroatoms. The van der Waals surface area contributed by atoms with E-state index in [0.717, 1.165) is 56.2 Å². The van der Waals surface area contributed by atoms with Crippen molar-refractivity contribution in [1.82, 2.24) is 14.9 Å². The fourth-order valence-electron chi connectivity index (χ4n) is 5.41. The Hall–Kier alpha value is -3.09. The van der Waals surface area contributed by atoms with Gasteiger partial charge < -0.3 is 19.9 Å². The normalized spacial score (nSPS) is 19.0. The molecule has 1 aromatic heterocycles. The molecule has 1 saturated carbocycles. The molecule has 5 rings (SSSR count). The van der Waals surface area contributed by atoms with Crippen molar-refractivity contribution in [3.8, 4) is 0 Å². The Morgan fingerprint density at radius 2 is 1.79 bits per heavy atom. The zero-order valence-electron chi connectivity index (χ0n) is 19.6. The predicted molar refractivity (Wildman–Crippen MR) is 130 cm³/mol. The summed E-state index contributed by atoms with van der Waals surface area (Å²) in [6.45, 7) is 4.91. The van der Waals surface area contributed by atoms with E-state index in [0.29, 0.717) is 11.9 Å². The number of fused-ring (bicyclic) bond motifs is 1. The molecule has 2 fully saturated rings. The zero-order chi connectivity index (χ0) is 22.8. The van der Waals surface area contributed by atoms with Gasteiger partial charge in [-0.3, -0.25) is 4.79 Å². The summed E-state index contributed by atoms with van der Waals surface area (Å²) in [6, 6.07) is 8.39. The van der Waals surface area contributed by atoms with Crippen LogP contribution >= 0.6 is 0 Å². The molecule has 174 valence electrons. The molecule has 0 bridgehead atoms. The number of nitrogens with one attached hydrogen (secondary N) is 1. The molecule has 33 heavy (non-hydrogen) atoms. The second kappa shape index (κ2) is 9.41. The topological polar surface area (TPSA) is 70.6 Å². The van der Waals surface area contributed by atoms with E-state index in [4.69, 9.17) is 9.72 Å². The van der Waals surface area contributed by atoms with Crippen LogP contribution < -0.4 is 10.2 Å². The van der Waals surface area contributed by atoms with Gasteiger partial charge in [0.05, 0.1) is 12.8 Å². The maximum atomic E-state index is 11.6. The van der Waals surface area contributed by atoms with Crippen molar-refractivity contribution in [2.24, 2.45) is 5.92 Å². The van der Waals surface area contributed by atoms with Gasteiger partial charge in [0.1, 0.15) is 5.76 Å². The van der Waals surface area contributed by atoms with E-state index < -0.39 is 0 Å². The van der Waals surface area contributed by atoms with Crippen LogP contribution in [-0.4, -0.2) is 54.1 Å². The number of carbonyl (C=O) groups is 1. The Bertz CT molecular complexity index is 1040. The number of carbonyl (C=O) groups excluding carboxylic acids is 1. The first-order valence-corrected chi connectivity index (χ1v) is 12.1. The molecular weight excluding hydrogens is 414 g/mol. The molecule has 1 amide bonds. The molecule has 0 unspecified atom stereocenters. The van der Waals surface area contributed by atoms with Crippen LogP contribution in [0.5, 0.6) is 0 Å². The summed E-state index contributed by atoms with van der Waals surface area (Å²) < 4.78 is 5.79. The predicted octanol–water partition coefficient (Wildman–Crippen LogP) is 4.38. The van der Waals surface area contributed by atoms with Crippen LogP contribution in [0.2, 0.25) is 0 Å². The number of benzene rings is 1. The lowest BCUT2D eigenvalue weighted by Crippen LogP contribution is -2.48. The first-order chi connectivity index (χ1) is 16.1. The number of hydrogen-bond acceptors (Lipinski definition) is 6. The molecule has 0 spiro atoms. The SMILES string of the molecule is COC1=C(C2CCCC2)c2nc(Nc3ccc(N4CCN(C(C)=O)CC4)cc3)ncc2CC1. The largest absolute Gasteiger partial charge is 0.501 e. The number of piperazine rings is 1. The van der Waals surface area contributed by atoms with Crippen LogP contribution in [0, 0.1) is 5.92 Å². The molecule has 1 saturated heterocycles. The van der Waals surface area contributed by atoms with Crippen molar-refractivity contribution in [3.63, 3.8) is 0 Å². The molecule has 1 N–H and O–H groups in total. The molecule has 1 aliphatic heterocycles. The average Bonchev–Trinajstić information content (AvgIpc) is 3.38. The molecule has 2 aliphatic carbocycles. The first kappa shape index (κ1) is 21.7. The number of ether oxygens (including phenoxy) is 1. The van der Waals surface area contributed by atoms with Gasteiger partial charge in [-0.2, -0.15) is 0 Å². The Kier molecular flexibility index (Phi) is 6.20. The molecule has 2 heterocycles. The third-order valence-electron chi connectivity index (χ3n) is 7.26. The molecule has 0 atom stereocenters. The maximum absolute atomic E-state index is 11.6. The van der Waals surface area contributed by atoms with E-state index in [9.17, 15) is 4.79 Å². The summed E-state index contributed by atoms with van der Waals surface area (Å²) in [6.07, 6.45) is 8.86. The van der Waals surface area contributed by atoms with Crippen molar-refractivity contribution in [3.05, 3.63) is 47.5 Å². The molecule has 7 nitrogen and oxygen atoms in total. The Morgan fingerprint density at radius 3 is 2.45 bits per heavy atom. The number of allylic oxidation sites excluding steroid dienone is 2. The van der Waals surface area contributed by atoms with Crippen molar-refractivity contribution in [1.29, 1.82) is 0 Å². The number of amides is 1. The van der Waals surface area contributed by atoms with Crippen molar-refractivity contribution in [2.45, 2.75) is 45.4 Å². The van der Waals surface area contributed by atoms with Crippen LogP contribution in [0.25, 0.3) is 5.57 Å². The van der Waals surface area contributed by atoms with Gasteiger partial charge in [0.2, 0.25) is 11.9 Å². The highest BCUT2D eigenvalue weighted by Gasteiger charge is 2.30. The van der Waals surface area contributed by atoms with E-state index in [1.807, 2.05) is 11.1 Å². The van der Waals surface area contributed by atoms with Crippen molar-refractivity contribution in [2.75, 3.05) is 43.5 Å². The minimum Gasteiger partial charge on any atom is -0.501 e. The molecular formula is C26H33N5O2. The Labute approximate surface area is 195 Å². The lowest BCUT2D eigenvalue weighted by atomic mass is 9.85. The lowest BCUT2D eigenvalue weighted by Gasteiger charge is -2.35. The molecule has 3 aliphatic rings. The number of hydrogen-bond donors (Lipinski definition) is 1. The monoisotopic (exact) mass is 447 g/mol. The van der Waals surface area contributed by atoms with Gasteiger partial charge in [-0.05, 0) is 55.0 Å². The first-order valence-electron chi connectivity index (χ1n) is 12.1. The molecule has 2 aromatic rings. The van der Waals surface area contributed by atoms with E-state index in [1.54, 1.807) is 14.0 Å². The van der Waals surface area contributed by atoms with Gasteiger partial charge in [0.25, 0.3) is 0 Å². The number of aryl methyl sites for hydroxylation is 1. The maximum Gasteiger partial charge on any atom is 0.227 e. The van der Waals surface area contributed by atoms with E-state index in [-0.39, 0.29) is 5.91 Å². The van der Waals surface area contributed by atoms with Gasteiger partial charge >= 0.3 is 0 Å². The highest BCUT2D eigenvalue weighted by Crippen LogP contribution is 2.42. The zero-order valence-corrected chi connectivity index (χ0v) is 19.6. The number of aromatic nitrogens is 2. The highest BCUT2D eigenvalue weighted by atomic mass is 16.5. The van der Waals surface area contributed by atoms with Crippen molar-refractivity contribution < 1.29 is 9.53 Å². The number of methoxy groups -OCH3 is 1. The third-order valence-corrected chi connectivity index (χ3v) is 7.26. The smallest absolute Gasteiger partial charge is 0.227 e. The standard InChI is InChI=1S/C26H33N5O2/c1-18(32)30-13-15-31(16-14-30)22-10-8-21(9-11-22)28-26-27-17-20-7-12-23(33-2)24(25(20)29-26)19-5-3-4-6-19/h8-11,17,19H,3-7,12-16H2,1-2H3,(H,27,28,29). The van der Waals surface area contributed by atoms with E-state index in [2.05, 4.69) is 39.5 Å². The fourth-order valence-corrected chi connectivity index (χ4v) is 5.41. The quantitative estimate of drug-likeness (QED) is 0.733. The van der Waals surface area contributed by atoms with Gasteiger partial charge in [-0.1, -0.05) is 12.8 Å². The summed E-state index contributed by atoms with van der Waals surface area (Å²) in [5.74, 6) is 2.44. The average molecular weight is 448 g/mol. The number of nitrogens with zero attached hydrogens (tertiary/aromatic N) is 4. The minimum absolute atomic E-state index is 0.155. The summed E-state index contributed by atoms with van der Waals surface area (Å²) in [5.41, 5.74) is 5.74. The van der Waals surface area contributed by atoms with E-state index in [1.165, 1.54) is 42.5 Å². The van der Waals surface area contributed by atoms with Crippen LogP contribution in [0.4, 0.5) is 17.3 Å². The van der Waals surface area contributed by atoms with E-state index >= 15 is 0 Å². The summed E-state index contributed by atoms with van der Waals surface area (Å²) >= 11 is 0. The summed E-state index contributed by atoms with van der Waals surface area (Å²) in [4.78, 5) is 25.4. The summed E-state index contributed by atoms with van der Waals surface area (Å²) in [7, 11) is 1.79. The van der Waals surface area contributed by atoms with Crippen molar-refractivity contribution >= 4 is 28.8 Å². The minimum atomic E-state index is 0.155. The molecule has 1 aromatic carbocycles. The van der Waals surface area contributed by atoms with Gasteiger partial charge in [0, 0.05) is 62.7 Å². The number of rotatable bonds is 5. The Balaban J connectivity index is 1.31. The van der Waals surface area contributed by atoms with Gasteiger partial charge in [0.15, 0.2) is 0 Å². The van der Waals surface area contributed by atoms with Gasteiger partial charge in [-0.15, -0.1) is 0 Å². The highest BCUT2D eigenvalue weighted by molar-refractivity contribution is 5.74. The second-order valence-electron chi connectivity index (χ2n) is 9.25. The summed E-state index contributed by atoms with van der Waals surface area (Å²) in [5, 5.41) is 3.39. The number of anilines is 3. The van der Waals surface area contributed by atoms with Crippen LogP contribution in [0.3, 0.4) is 0 Å². The van der Waals surface area contributed by atoms with Gasteiger partial charge in [-0.25, -0.2) is 9.97 Å². The van der Waals surface area contributed by atoms with Crippen LogP contribution in [0.15, 0.2) is 36.2 Å². The Morgan fingerprint density at radius 1 is 1.06 bits per heavy atom. The molecule has 0 radical (unpaired) electrons. The second-order valence-corrected chi connectivity index (χ2v) is 9.25.